The highest BCUT2D eigenvalue weighted by Crippen LogP contribution is 2.65. The van der Waals surface area contributed by atoms with Gasteiger partial charge in [-0.3, -0.25) is 0 Å². The van der Waals surface area contributed by atoms with Gasteiger partial charge in [-0.15, -0.1) is 0 Å². The predicted octanol–water partition coefficient (Wildman–Crippen LogP) is 10.4. The van der Waals surface area contributed by atoms with Gasteiger partial charge in [0.25, 0.3) is 0 Å². The summed E-state index contributed by atoms with van der Waals surface area (Å²) in [6, 6.07) is 42.7. The molecule has 0 atom stereocenters. The molecule has 40 heavy (non-hydrogen) atoms. The highest BCUT2D eigenvalue weighted by molar-refractivity contribution is 6.09. The van der Waals surface area contributed by atoms with Crippen molar-refractivity contribution in [2.75, 3.05) is 0 Å². The number of benzene rings is 6. The van der Waals surface area contributed by atoms with Crippen molar-refractivity contribution in [3.8, 4) is 33.4 Å². The van der Waals surface area contributed by atoms with E-state index in [-0.39, 0.29) is 0 Å². The molecular formula is C40H28. The molecule has 0 radical (unpaired) electrons. The first kappa shape index (κ1) is 23.0. The van der Waals surface area contributed by atoms with E-state index in [1.54, 1.807) is 0 Å². The fraction of sp³-hybridized carbons (Fsp3) is 0.0500. The summed E-state index contributed by atoms with van der Waals surface area (Å²) in [4.78, 5) is 0. The van der Waals surface area contributed by atoms with Crippen LogP contribution in [0.1, 0.15) is 38.9 Å². The van der Waals surface area contributed by atoms with Crippen LogP contribution < -0.4 is 0 Å². The molecule has 0 heterocycles. The van der Waals surface area contributed by atoms with Crippen molar-refractivity contribution < 1.29 is 0 Å². The van der Waals surface area contributed by atoms with E-state index in [9.17, 15) is 0 Å². The summed E-state index contributed by atoms with van der Waals surface area (Å²) in [6.45, 7) is 10.8. The molecule has 0 saturated carbocycles. The maximum Gasteiger partial charge on any atom is 0.0726 e. The molecule has 188 valence electrons. The van der Waals surface area contributed by atoms with E-state index in [0.717, 1.165) is 11.1 Å². The molecule has 0 unspecified atom stereocenters. The van der Waals surface area contributed by atoms with Gasteiger partial charge in [0.15, 0.2) is 0 Å². The minimum absolute atomic E-state index is 0.418. The lowest BCUT2D eigenvalue weighted by Crippen LogP contribution is -2.26. The molecule has 0 bridgehead atoms. The SMILES string of the molecule is C=Cc1c(-c2ccc(C)cc2)cc2c(c1C=C)-c1c(ccc3ccccc13)C21c2ccccc2-c2ccccc21. The van der Waals surface area contributed by atoms with Crippen LogP contribution in [0, 0.1) is 6.92 Å². The summed E-state index contributed by atoms with van der Waals surface area (Å²) in [5.41, 5.74) is 16.1. The first-order chi connectivity index (χ1) is 19.7. The van der Waals surface area contributed by atoms with Crippen molar-refractivity contribution >= 4 is 22.9 Å². The Kier molecular flexibility index (Phi) is 4.76. The summed E-state index contributed by atoms with van der Waals surface area (Å²) in [5, 5.41) is 2.53. The maximum atomic E-state index is 4.37. The Morgan fingerprint density at radius 1 is 0.525 bits per heavy atom. The van der Waals surface area contributed by atoms with Gasteiger partial charge in [0.2, 0.25) is 0 Å². The molecule has 0 aromatic heterocycles. The molecule has 1 spiro atoms. The molecular weight excluding hydrogens is 480 g/mol. The van der Waals surface area contributed by atoms with Gasteiger partial charge < -0.3 is 0 Å². The first-order valence-electron chi connectivity index (χ1n) is 13.9. The molecule has 8 rings (SSSR count). The molecule has 0 fully saturated rings. The third-order valence-electron chi connectivity index (χ3n) is 9.12. The van der Waals surface area contributed by atoms with Crippen LogP contribution in [0.15, 0.2) is 128 Å². The van der Waals surface area contributed by atoms with Crippen LogP contribution in [-0.4, -0.2) is 0 Å². The number of rotatable bonds is 3. The molecule has 6 aromatic rings. The largest absolute Gasteiger partial charge is 0.0984 e. The monoisotopic (exact) mass is 508 g/mol. The smallest absolute Gasteiger partial charge is 0.0726 e. The van der Waals surface area contributed by atoms with Crippen molar-refractivity contribution in [2.24, 2.45) is 0 Å². The first-order valence-corrected chi connectivity index (χ1v) is 13.9. The maximum absolute atomic E-state index is 4.37. The van der Waals surface area contributed by atoms with E-state index in [1.807, 2.05) is 12.2 Å². The molecule has 0 nitrogen and oxygen atoms in total. The summed E-state index contributed by atoms with van der Waals surface area (Å²) in [6.07, 6.45) is 4.06. The van der Waals surface area contributed by atoms with Crippen molar-refractivity contribution in [3.63, 3.8) is 0 Å². The summed E-state index contributed by atoms with van der Waals surface area (Å²) in [5.74, 6) is 0. The summed E-state index contributed by atoms with van der Waals surface area (Å²) in [7, 11) is 0. The van der Waals surface area contributed by atoms with Gasteiger partial charge >= 0.3 is 0 Å². The summed E-state index contributed by atoms with van der Waals surface area (Å²) >= 11 is 0. The van der Waals surface area contributed by atoms with Crippen molar-refractivity contribution in [3.05, 3.63) is 167 Å². The van der Waals surface area contributed by atoms with Gasteiger partial charge in [-0.2, -0.15) is 0 Å². The number of fused-ring (bicyclic) bond motifs is 12. The Labute approximate surface area is 235 Å². The van der Waals surface area contributed by atoms with E-state index in [1.165, 1.54) is 72.0 Å². The van der Waals surface area contributed by atoms with E-state index < -0.39 is 5.41 Å². The number of hydrogen-bond donors (Lipinski definition) is 0. The van der Waals surface area contributed by atoms with Gasteiger partial charge in [0.1, 0.15) is 0 Å². The highest BCUT2D eigenvalue weighted by atomic mass is 14.5. The molecule has 0 aliphatic heterocycles. The van der Waals surface area contributed by atoms with E-state index in [2.05, 4.69) is 135 Å². The Morgan fingerprint density at radius 2 is 1.15 bits per heavy atom. The lowest BCUT2D eigenvalue weighted by Gasteiger charge is -2.31. The average molecular weight is 509 g/mol. The number of aryl methyl sites for hydroxylation is 1. The third-order valence-corrected chi connectivity index (χ3v) is 9.12. The zero-order valence-corrected chi connectivity index (χ0v) is 22.5. The fourth-order valence-corrected chi connectivity index (χ4v) is 7.50. The fourth-order valence-electron chi connectivity index (χ4n) is 7.50. The lowest BCUT2D eigenvalue weighted by atomic mass is 9.69. The Bertz CT molecular complexity index is 1990. The predicted molar refractivity (Wildman–Crippen MR) is 171 cm³/mol. The van der Waals surface area contributed by atoms with Gasteiger partial charge in [-0.25, -0.2) is 0 Å². The zero-order valence-electron chi connectivity index (χ0n) is 22.5. The van der Waals surface area contributed by atoms with Crippen LogP contribution in [0.2, 0.25) is 0 Å². The van der Waals surface area contributed by atoms with Gasteiger partial charge in [-0.1, -0.05) is 140 Å². The second-order valence-corrected chi connectivity index (χ2v) is 11.0. The van der Waals surface area contributed by atoms with Gasteiger partial charge in [-0.05, 0) is 90.5 Å². The van der Waals surface area contributed by atoms with Gasteiger partial charge in [0, 0.05) is 0 Å². The van der Waals surface area contributed by atoms with Crippen molar-refractivity contribution in [1.82, 2.24) is 0 Å². The molecule has 0 saturated heterocycles. The summed E-state index contributed by atoms with van der Waals surface area (Å²) < 4.78 is 0. The highest BCUT2D eigenvalue weighted by Gasteiger charge is 2.52. The van der Waals surface area contributed by atoms with Gasteiger partial charge in [0.05, 0.1) is 5.41 Å². The average Bonchev–Trinajstić information content (AvgIpc) is 3.48. The molecule has 2 aliphatic rings. The number of hydrogen-bond acceptors (Lipinski definition) is 0. The molecule has 0 heteroatoms. The molecule has 0 amide bonds. The lowest BCUT2D eigenvalue weighted by molar-refractivity contribution is 0.794. The topological polar surface area (TPSA) is 0 Å². The second-order valence-electron chi connectivity index (χ2n) is 11.0. The van der Waals surface area contributed by atoms with Crippen LogP contribution >= 0.6 is 0 Å². The van der Waals surface area contributed by atoms with E-state index in [4.69, 9.17) is 0 Å². The van der Waals surface area contributed by atoms with E-state index >= 15 is 0 Å². The quantitative estimate of drug-likeness (QED) is 0.223. The Balaban J connectivity index is 1.63. The van der Waals surface area contributed by atoms with Crippen molar-refractivity contribution in [1.29, 1.82) is 0 Å². The molecule has 2 aliphatic carbocycles. The van der Waals surface area contributed by atoms with Crippen LogP contribution in [0.25, 0.3) is 56.3 Å². The van der Waals surface area contributed by atoms with Crippen molar-refractivity contribution in [2.45, 2.75) is 12.3 Å². The molecule has 0 N–H and O–H groups in total. The zero-order chi connectivity index (χ0) is 27.0. The standard InChI is InChI=1S/C40H28/c1-4-28-29(5-2)38-37(24-33(28)27-20-18-25(3)19-21-27)40(36-23-22-26-12-6-7-13-30(26)39(36)38)34-16-10-8-14-31(34)32-15-9-11-17-35(32)40/h4-24H,1-2H2,3H3. The van der Waals surface area contributed by atoms with Crippen LogP contribution in [0.3, 0.4) is 0 Å². The van der Waals surface area contributed by atoms with E-state index in [0.29, 0.717) is 0 Å². The Hall–Kier alpha value is -4.94. The van der Waals surface area contributed by atoms with Crippen LogP contribution in [-0.2, 0) is 5.41 Å². The Morgan fingerprint density at radius 3 is 1.82 bits per heavy atom. The van der Waals surface area contributed by atoms with Crippen LogP contribution in [0.4, 0.5) is 0 Å². The third kappa shape index (κ3) is 2.75. The normalized spacial score (nSPS) is 13.5. The minimum atomic E-state index is -0.418. The minimum Gasteiger partial charge on any atom is -0.0984 e. The van der Waals surface area contributed by atoms with Crippen LogP contribution in [0.5, 0.6) is 0 Å². The second kappa shape index (κ2) is 8.28. The molecule has 6 aromatic carbocycles.